The summed E-state index contributed by atoms with van der Waals surface area (Å²) in [6.45, 7) is 0.622. The molecule has 1 aliphatic carbocycles. The average Bonchev–Trinajstić information content (AvgIpc) is 2.83. The first-order chi connectivity index (χ1) is 9.11. The highest BCUT2D eigenvalue weighted by molar-refractivity contribution is 7.98. The van der Waals surface area contributed by atoms with E-state index in [0.717, 1.165) is 24.3 Å². The van der Waals surface area contributed by atoms with Crippen LogP contribution >= 0.6 is 11.8 Å². The van der Waals surface area contributed by atoms with Gasteiger partial charge in [-0.3, -0.25) is 4.79 Å². The molecule has 1 aromatic rings. The summed E-state index contributed by atoms with van der Waals surface area (Å²) in [7, 11) is 1.80. The van der Waals surface area contributed by atoms with Gasteiger partial charge in [0.15, 0.2) is 0 Å². The van der Waals surface area contributed by atoms with E-state index in [1.165, 1.54) is 11.8 Å². The fourth-order valence-electron chi connectivity index (χ4n) is 2.54. The summed E-state index contributed by atoms with van der Waals surface area (Å²) >= 11 is 1.52. The van der Waals surface area contributed by atoms with Crippen molar-refractivity contribution < 1.29 is 9.90 Å². The van der Waals surface area contributed by atoms with Crippen molar-refractivity contribution in [2.45, 2.75) is 30.4 Å². The van der Waals surface area contributed by atoms with E-state index in [2.05, 4.69) is 4.98 Å². The molecule has 0 bridgehead atoms. The third kappa shape index (κ3) is 3.48. The number of carbonyl (C=O) groups excluding carboxylic acids is 1. The van der Waals surface area contributed by atoms with Gasteiger partial charge in [-0.2, -0.15) is 0 Å². The molecule has 0 aliphatic heterocycles. The summed E-state index contributed by atoms with van der Waals surface area (Å²) < 4.78 is 0. The van der Waals surface area contributed by atoms with E-state index in [9.17, 15) is 9.90 Å². The number of amides is 1. The number of nitrogens with zero attached hydrogens (tertiary/aromatic N) is 2. The topological polar surface area (TPSA) is 53.4 Å². The van der Waals surface area contributed by atoms with Crippen LogP contribution in [0.3, 0.4) is 0 Å². The van der Waals surface area contributed by atoms with Gasteiger partial charge in [-0.05, 0) is 31.2 Å². The minimum absolute atomic E-state index is 0.00296. The van der Waals surface area contributed by atoms with E-state index in [1.807, 2.05) is 12.3 Å². The van der Waals surface area contributed by atoms with Gasteiger partial charge < -0.3 is 10.0 Å². The van der Waals surface area contributed by atoms with Crippen molar-refractivity contribution in [3.05, 3.63) is 23.9 Å². The predicted molar refractivity (Wildman–Crippen MR) is 76.3 cm³/mol. The molecule has 2 unspecified atom stereocenters. The normalized spacial score (nSPS) is 22.5. The van der Waals surface area contributed by atoms with E-state index < -0.39 is 0 Å². The highest BCUT2D eigenvalue weighted by Gasteiger charge is 2.27. The number of aromatic nitrogens is 1. The molecule has 1 aromatic heterocycles. The molecule has 1 saturated carbocycles. The number of rotatable bonds is 4. The summed E-state index contributed by atoms with van der Waals surface area (Å²) in [4.78, 5) is 18.2. The molecule has 1 fully saturated rings. The van der Waals surface area contributed by atoms with Crippen molar-refractivity contribution in [3.63, 3.8) is 0 Å². The number of pyridine rings is 1. The summed E-state index contributed by atoms with van der Waals surface area (Å²) in [6, 6.07) is 3.55. The molecule has 1 N–H and O–H groups in total. The number of carbonyl (C=O) groups is 1. The average molecular weight is 280 g/mol. The molecule has 19 heavy (non-hydrogen) atoms. The summed E-state index contributed by atoms with van der Waals surface area (Å²) in [5.74, 6) is 0.215. The van der Waals surface area contributed by atoms with Crippen LogP contribution in [-0.2, 0) is 0 Å². The Morgan fingerprint density at radius 2 is 2.37 bits per heavy atom. The highest BCUT2D eigenvalue weighted by Crippen LogP contribution is 2.26. The molecule has 0 saturated heterocycles. The summed E-state index contributed by atoms with van der Waals surface area (Å²) in [5.41, 5.74) is 0.661. The van der Waals surface area contributed by atoms with Crippen LogP contribution in [0.4, 0.5) is 0 Å². The zero-order chi connectivity index (χ0) is 13.8. The maximum Gasteiger partial charge on any atom is 0.253 e. The van der Waals surface area contributed by atoms with Crippen LogP contribution in [0, 0.1) is 5.92 Å². The Morgan fingerprint density at radius 1 is 1.58 bits per heavy atom. The van der Waals surface area contributed by atoms with Crippen molar-refractivity contribution in [1.82, 2.24) is 9.88 Å². The molecule has 0 aromatic carbocycles. The zero-order valence-electron chi connectivity index (χ0n) is 11.4. The number of thioether (sulfide) groups is 1. The smallest absolute Gasteiger partial charge is 0.253 e. The van der Waals surface area contributed by atoms with Gasteiger partial charge in [-0.1, -0.05) is 6.42 Å². The van der Waals surface area contributed by atoms with Crippen LogP contribution in [0.2, 0.25) is 0 Å². The standard InChI is InChI=1S/C14H20N2O2S/c1-16(9-11-4-3-5-12(11)17)14(18)10-6-7-15-13(8-10)19-2/h6-8,11-12,17H,3-5,9H2,1-2H3. The molecular weight excluding hydrogens is 260 g/mol. The molecule has 0 spiro atoms. The van der Waals surface area contributed by atoms with Gasteiger partial charge in [0.2, 0.25) is 0 Å². The summed E-state index contributed by atoms with van der Waals surface area (Å²) in [6.07, 6.45) is 6.27. The Labute approximate surface area is 118 Å². The number of aliphatic hydroxyl groups is 1. The SMILES string of the molecule is CSc1cc(C(=O)N(C)CC2CCCC2O)ccn1. The lowest BCUT2D eigenvalue weighted by Gasteiger charge is -2.23. The molecule has 104 valence electrons. The van der Waals surface area contributed by atoms with E-state index in [1.54, 1.807) is 24.2 Å². The lowest BCUT2D eigenvalue weighted by Crippen LogP contribution is -2.34. The summed E-state index contributed by atoms with van der Waals surface area (Å²) in [5, 5.41) is 10.7. The molecular formula is C14H20N2O2S. The number of hydrogen-bond acceptors (Lipinski definition) is 4. The third-order valence-electron chi connectivity index (χ3n) is 3.66. The van der Waals surface area contributed by atoms with Gasteiger partial charge in [0.25, 0.3) is 5.91 Å². The highest BCUT2D eigenvalue weighted by atomic mass is 32.2. The second-order valence-electron chi connectivity index (χ2n) is 5.03. The van der Waals surface area contributed by atoms with Gasteiger partial charge in [-0.25, -0.2) is 4.98 Å². The Morgan fingerprint density at radius 3 is 3.00 bits per heavy atom. The number of aliphatic hydroxyl groups excluding tert-OH is 1. The lowest BCUT2D eigenvalue weighted by molar-refractivity contribution is 0.0693. The van der Waals surface area contributed by atoms with Crippen molar-refractivity contribution in [2.75, 3.05) is 19.8 Å². The minimum atomic E-state index is -0.255. The molecule has 4 nitrogen and oxygen atoms in total. The molecule has 1 aliphatic rings. The molecule has 2 rings (SSSR count). The molecule has 2 atom stereocenters. The number of hydrogen-bond donors (Lipinski definition) is 1. The maximum absolute atomic E-state index is 12.3. The molecule has 1 amide bonds. The lowest BCUT2D eigenvalue weighted by atomic mass is 10.1. The van der Waals surface area contributed by atoms with E-state index >= 15 is 0 Å². The van der Waals surface area contributed by atoms with Gasteiger partial charge in [0.1, 0.15) is 0 Å². The Kier molecular flexibility index (Phi) is 4.82. The predicted octanol–water partition coefficient (Wildman–Crippen LogP) is 2.04. The largest absolute Gasteiger partial charge is 0.393 e. The van der Waals surface area contributed by atoms with Gasteiger partial charge >= 0.3 is 0 Å². The fourth-order valence-corrected chi connectivity index (χ4v) is 2.95. The van der Waals surface area contributed by atoms with Gasteiger partial charge in [-0.15, -0.1) is 11.8 Å². The van der Waals surface area contributed by atoms with Crippen LogP contribution in [0.25, 0.3) is 0 Å². The van der Waals surface area contributed by atoms with Crippen molar-refractivity contribution in [3.8, 4) is 0 Å². The fraction of sp³-hybridized carbons (Fsp3) is 0.571. The minimum Gasteiger partial charge on any atom is -0.393 e. The Balaban J connectivity index is 2.01. The molecule has 0 radical (unpaired) electrons. The second-order valence-corrected chi connectivity index (χ2v) is 5.86. The van der Waals surface area contributed by atoms with E-state index in [4.69, 9.17) is 0 Å². The van der Waals surface area contributed by atoms with Crippen LogP contribution < -0.4 is 0 Å². The van der Waals surface area contributed by atoms with E-state index in [-0.39, 0.29) is 17.9 Å². The zero-order valence-corrected chi connectivity index (χ0v) is 12.2. The first-order valence-electron chi connectivity index (χ1n) is 6.55. The second kappa shape index (κ2) is 6.39. The maximum atomic E-state index is 12.3. The van der Waals surface area contributed by atoms with Crippen LogP contribution in [-0.4, -0.2) is 46.8 Å². The Hall–Kier alpha value is -1.07. The van der Waals surface area contributed by atoms with Crippen molar-refractivity contribution in [2.24, 2.45) is 5.92 Å². The monoisotopic (exact) mass is 280 g/mol. The molecule has 5 heteroatoms. The first-order valence-corrected chi connectivity index (χ1v) is 7.78. The Bertz CT molecular complexity index is 453. The van der Waals surface area contributed by atoms with Gasteiger partial charge in [0, 0.05) is 31.3 Å². The first kappa shape index (κ1) is 14.3. The van der Waals surface area contributed by atoms with E-state index in [0.29, 0.717) is 12.1 Å². The van der Waals surface area contributed by atoms with Crippen molar-refractivity contribution >= 4 is 17.7 Å². The van der Waals surface area contributed by atoms with Crippen LogP contribution in [0.5, 0.6) is 0 Å². The van der Waals surface area contributed by atoms with Gasteiger partial charge in [0.05, 0.1) is 11.1 Å². The molecule has 1 heterocycles. The third-order valence-corrected chi connectivity index (χ3v) is 4.31. The quantitative estimate of drug-likeness (QED) is 0.858. The van der Waals surface area contributed by atoms with Crippen LogP contribution in [0.15, 0.2) is 23.4 Å². The van der Waals surface area contributed by atoms with Crippen molar-refractivity contribution in [1.29, 1.82) is 0 Å². The van der Waals surface area contributed by atoms with Crippen LogP contribution in [0.1, 0.15) is 29.6 Å².